The van der Waals surface area contributed by atoms with Crippen LogP contribution in [0.1, 0.15) is 18.9 Å². The Labute approximate surface area is 88.7 Å². The average molecular weight is 206 g/mol. The van der Waals surface area contributed by atoms with Crippen molar-refractivity contribution in [3.63, 3.8) is 0 Å². The zero-order chi connectivity index (χ0) is 11.3. The summed E-state index contributed by atoms with van der Waals surface area (Å²) >= 11 is 0. The first-order valence-corrected chi connectivity index (χ1v) is 4.96. The summed E-state index contributed by atoms with van der Waals surface area (Å²) in [4.78, 5) is 21.8. The fourth-order valence-corrected chi connectivity index (χ4v) is 1.50. The van der Waals surface area contributed by atoms with E-state index in [1.54, 1.807) is 0 Å². The van der Waals surface area contributed by atoms with Gasteiger partial charge in [0.1, 0.15) is 0 Å². The molecule has 1 aromatic carbocycles. The predicted octanol–water partition coefficient (Wildman–Crippen LogP) is 1.91. The van der Waals surface area contributed by atoms with Crippen molar-refractivity contribution in [3.8, 4) is 0 Å². The van der Waals surface area contributed by atoms with Crippen molar-refractivity contribution in [2.24, 2.45) is 5.92 Å². The molecule has 0 aliphatic heterocycles. The number of aliphatic carboxylic acids is 1. The molecule has 0 bridgehead atoms. The molecule has 0 fully saturated rings. The van der Waals surface area contributed by atoms with E-state index in [1.165, 1.54) is 0 Å². The Balaban J connectivity index is 2.70. The van der Waals surface area contributed by atoms with E-state index >= 15 is 0 Å². The number of carbonyl (C=O) groups excluding carboxylic acids is 1. The summed E-state index contributed by atoms with van der Waals surface area (Å²) in [6.07, 6.45) is 1.06. The largest absolute Gasteiger partial charge is 0.475 e. The quantitative estimate of drug-likeness (QED) is 0.749. The molecule has 0 radical (unpaired) electrons. The average Bonchev–Trinajstić information content (AvgIpc) is 2.26. The van der Waals surface area contributed by atoms with Crippen LogP contribution in [0.25, 0.3) is 0 Å². The summed E-state index contributed by atoms with van der Waals surface area (Å²) in [7, 11) is 0. The summed E-state index contributed by atoms with van der Waals surface area (Å²) < 4.78 is 0. The van der Waals surface area contributed by atoms with Gasteiger partial charge in [-0.15, -0.1) is 0 Å². The Hall–Kier alpha value is -1.64. The summed E-state index contributed by atoms with van der Waals surface area (Å²) in [6.45, 7) is 1.83. The number of ketones is 1. The molecule has 0 saturated heterocycles. The van der Waals surface area contributed by atoms with Gasteiger partial charge in [-0.25, -0.2) is 4.79 Å². The molecule has 0 amide bonds. The van der Waals surface area contributed by atoms with Crippen LogP contribution in [-0.2, 0) is 16.0 Å². The molecule has 15 heavy (non-hydrogen) atoms. The summed E-state index contributed by atoms with van der Waals surface area (Å²) in [5.74, 6) is -2.44. The minimum atomic E-state index is -1.34. The third-order valence-electron chi connectivity index (χ3n) is 2.40. The number of carboxylic acids is 1. The molecule has 0 saturated carbocycles. The smallest absolute Gasteiger partial charge is 0.372 e. The number of hydrogen-bond donors (Lipinski definition) is 1. The SMILES string of the molecule is CCC(Cc1ccccc1)C(=O)C(=O)O. The molecule has 0 spiro atoms. The second kappa shape index (κ2) is 5.29. The van der Waals surface area contributed by atoms with Crippen LogP contribution in [0, 0.1) is 5.92 Å². The zero-order valence-electron chi connectivity index (χ0n) is 8.64. The van der Waals surface area contributed by atoms with Crippen LogP contribution in [-0.4, -0.2) is 16.9 Å². The van der Waals surface area contributed by atoms with Crippen molar-refractivity contribution < 1.29 is 14.7 Å². The maximum absolute atomic E-state index is 11.3. The Morgan fingerprint density at radius 2 is 1.87 bits per heavy atom. The Bertz CT molecular complexity index is 343. The zero-order valence-corrected chi connectivity index (χ0v) is 8.64. The maximum atomic E-state index is 11.3. The lowest BCUT2D eigenvalue weighted by molar-refractivity contribution is -0.151. The van der Waals surface area contributed by atoms with Crippen molar-refractivity contribution >= 4 is 11.8 Å². The molecule has 0 aliphatic carbocycles. The van der Waals surface area contributed by atoms with Crippen molar-refractivity contribution in [2.45, 2.75) is 19.8 Å². The Kier molecular flexibility index (Phi) is 4.03. The third kappa shape index (κ3) is 3.20. The van der Waals surface area contributed by atoms with Gasteiger partial charge in [-0.05, 0) is 18.4 Å². The number of hydrogen-bond acceptors (Lipinski definition) is 2. The number of Topliss-reactive ketones (excluding diaryl/α,β-unsaturated/α-hetero) is 1. The third-order valence-corrected chi connectivity index (χ3v) is 2.40. The van der Waals surface area contributed by atoms with Gasteiger partial charge in [0, 0.05) is 5.92 Å². The van der Waals surface area contributed by atoms with Crippen LogP contribution in [0.15, 0.2) is 30.3 Å². The minimum Gasteiger partial charge on any atom is -0.475 e. The van der Waals surface area contributed by atoms with Crippen molar-refractivity contribution in [3.05, 3.63) is 35.9 Å². The van der Waals surface area contributed by atoms with Crippen LogP contribution < -0.4 is 0 Å². The number of carboxylic acid groups (broad SMARTS) is 1. The number of carbonyl (C=O) groups is 2. The molecule has 0 aromatic heterocycles. The van der Waals surface area contributed by atoms with Gasteiger partial charge in [0.05, 0.1) is 0 Å². The highest BCUT2D eigenvalue weighted by molar-refractivity contribution is 6.33. The van der Waals surface area contributed by atoms with E-state index in [2.05, 4.69) is 0 Å². The lowest BCUT2D eigenvalue weighted by Gasteiger charge is -2.10. The molecule has 80 valence electrons. The van der Waals surface area contributed by atoms with Gasteiger partial charge in [-0.2, -0.15) is 0 Å². The lowest BCUT2D eigenvalue weighted by Crippen LogP contribution is -2.24. The highest BCUT2D eigenvalue weighted by atomic mass is 16.4. The highest BCUT2D eigenvalue weighted by Crippen LogP contribution is 2.13. The van der Waals surface area contributed by atoms with Crippen LogP contribution in [0.4, 0.5) is 0 Å². The Morgan fingerprint density at radius 1 is 1.27 bits per heavy atom. The van der Waals surface area contributed by atoms with E-state index in [0.29, 0.717) is 12.8 Å². The lowest BCUT2D eigenvalue weighted by atomic mass is 9.93. The first-order chi connectivity index (χ1) is 7.15. The molecular formula is C12H14O3. The van der Waals surface area contributed by atoms with Gasteiger partial charge in [0.25, 0.3) is 0 Å². The second-order valence-corrected chi connectivity index (χ2v) is 3.46. The molecule has 3 nitrogen and oxygen atoms in total. The van der Waals surface area contributed by atoms with Crippen molar-refractivity contribution in [2.75, 3.05) is 0 Å². The van der Waals surface area contributed by atoms with Gasteiger partial charge < -0.3 is 5.11 Å². The van der Waals surface area contributed by atoms with Crippen LogP contribution in [0.2, 0.25) is 0 Å². The van der Waals surface area contributed by atoms with Gasteiger partial charge >= 0.3 is 5.97 Å². The monoisotopic (exact) mass is 206 g/mol. The molecule has 1 rings (SSSR count). The molecule has 3 heteroatoms. The van der Waals surface area contributed by atoms with Gasteiger partial charge in [0.15, 0.2) is 0 Å². The summed E-state index contributed by atoms with van der Waals surface area (Å²) in [6, 6.07) is 9.46. The van der Waals surface area contributed by atoms with E-state index < -0.39 is 17.7 Å². The molecule has 1 aromatic rings. The Morgan fingerprint density at radius 3 is 2.33 bits per heavy atom. The maximum Gasteiger partial charge on any atom is 0.372 e. The molecule has 0 heterocycles. The van der Waals surface area contributed by atoms with Gasteiger partial charge in [-0.1, -0.05) is 37.3 Å². The first kappa shape index (κ1) is 11.4. The van der Waals surface area contributed by atoms with Gasteiger partial charge in [-0.3, -0.25) is 4.79 Å². The molecule has 1 unspecified atom stereocenters. The van der Waals surface area contributed by atoms with E-state index in [0.717, 1.165) is 5.56 Å². The standard InChI is InChI=1S/C12H14O3/c1-2-10(11(13)12(14)15)8-9-6-4-3-5-7-9/h3-7,10H,2,8H2,1H3,(H,14,15). The second-order valence-electron chi connectivity index (χ2n) is 3.46. The van der Waals surface area contributed by atoms with Crippen LogP contribution >= 0.6 is 0 Å². The van der Waals surface area contributed by atoms with Crippen LogP contribution in [0.3, 0.4) is 0 Å². The number of benzene rings is 1. The normalized spacial score (nSPS) is 12.1. The number of rotatable bonds is 5. The molecule has 0 aliphatic rings. The first-order valence-electron chi connectivity index (χ1n) is 4.96. The van der Waals surface area contributed by atoms with Gasteiger partial charge in [0.2, 0.25) is 5.78 Å². The topological polar surface area (TPSA) is 54.4 Å². The van der Waals surface area contributed by atoms with E-state index in [4.69, 9.17) is 5.11 Å². The minimum absolute atomic E-state index is 0.412. The molecule has 1 atom stereocenters. The van der Waals surface area contributed by atoms with E-state index in [-0.39, 0.29) is 0 Å². The summed E-state index contributed by atoms with van der Waals surface area (Å²) in [5.41, 5.74) is 0.999. The van der Waals surface area contributed by atoms with E-state index in [9.17, 15) is 9.59 Å². The summed E-state index contributed by atoms with van der Waals surface area (Å²) in [5, 5.41) is 8.61. The van der Waals surface area contributed by atoms with E-state index in [1.807, 2.05) is 37.3 Å². The van der Waals surface area contributed by atoms with Crippen LogP contribution in [0.5, 0.6) is 0 Å². The predicted molar refractivity (Wildman–Crippen MR) is 56.6 cm³/mol. The van der Waals surface area contributed by atoms with Crippen molar-refractivity contribution in [1.29, 1.82) is 0 Å². The fraction of sp³-hybridized carbons (Fsp3) is 0.333. The fourth-order valence-electron chi connectivity index (χ4n) is 1.50. The molecular weight excluding hydrogens is 192 g/mol. The van der Waals surface area contributed by atoms with Crippen molar-refractivity contribution in [1.82, 2.24) is 0 Å². The highest BCUT2D eigenvalue weighted by Gasteiger charge is 2.22. The molecule has 1 N–H and O–H groups in total.